The minimum atomic E-state index is -0.470. The minimum absolute atomic E-state index is 0.0939. The van der Waals surface area contributed by atoms with Gasteiger partial charge in [0.15, 0.2) is 0 Å². The van der Waals surface area contributed by atoms with E-state index < -0.39 is 5.41 Å². The quantitative estimate of drug-likeness (QED) is 0.838. The van der Waals surface area contributed by atoms with Crippen molar-refractivity contribution < 1.29 is 9.59 Å². The molecule has 2 saturated carbocycles. The maximum atomic E-state index is 12.6. The molecular formula is C15H25NO2. The van der Waals surface area contributed by atoms with E-state index in [1.54, 1.807) is 0 Å². The number of ketones is 1. The van der Waals surface area contributed by atoms with Gasteiger partial charge in [-0.3, -0.25) is 9.59 Å². The summed E-state index contributed by atoms with van der Waals surface area (Å²) in [5, 5.41) is 3.09. The van der Waals surface area contributed by atoms with Gasteiger partial charge < -0.3 is 5.32 Å². The normalized spacial score (nSPS) is 38.8. The summed E-state index contributed by atoms with van der Waals surface area (Å²) in [5.74, 6) is 0.370. The number of nitrogens with one attached hydrogen (secondary N) is 1. The summed E-state index contributed by atoms with van der Waals surface area (Å²) in [6, 6.07) is 0.185. The van der Waals surface area contributed by atoms with E-state index in [1.807, 2.05) is 13.8 Å². The van der Waals surface area contributed by atoms with E-state index >= 15 is 0 Å². The Bertz CT molecular complexity index is 401. The predicted octanol–water partition coefficient (Wildman–Crippen LogP) is 2.69. The Hall–Kier alpha value is -0.860. The van der Waals surface area contributed by atoms with Crippen LogP contribution in [0.5, 0.6) is 0 Å². The van der Waals surface area contributed by atoms with Crippen LogP contribution < -0.4 is 5.32 Å². The van der Waals surface area contributed by atoms with Crippen molar-refractivity contribution in [3.63, 3.8) is 0 Å². The van der Waals surface area contributed by atoms with Gasteiger partial charge in [-0.1, -0.05) is 27.7 Å². The molecule has 3 heteroatoms. The van der Waals surface area contributed by atoms with Crippen molar-refractivity contribution in [2.75, 3.05) is 0 Å². The fraction of sp³-hybridized carbons (Fsp3) is 0.867. The Kier molecular flexibility index (Phi) is 2.88. The molecule has 0 saturated heterocycles. The molecule has 102 valence electrons. The van der Waals surface area contributed by atoms with Crippen molar-refractivity contribution in [3.05, 3.63) is 0 Å². The van der Waals surface area contributed by atoms with Crippen molar-refractivity contribution in [1.29, 1.82) is 0 Å². The second kappa shape index (κ2) is 3.82. The summed E-state index contributed by atoms with van der Waals surface area (Å²) in [6.45, 7) is 10.3. The van der Waals surface area contributed by atoms with Gasteiger partial charge in [-0.25, -0.2) is 0 Å². The summed E-state index contributed by atoms with van der Waals surface area (Å²) in [4.78, 5) is 24.9. The lowest BCUT2D eigenvalue weighted by atomic mass is 9.64. The Labute approximate surface area is 110 Å². The van der Waals surface area contributed by atoms with Crippen LogP contribution >= 0.6 is 0 Å². The van der Waals surface area contributed by atoms with Crippen LogP contribution in [0.1, 0.15) is 60.3 Å². The summed E-state index contributed by atoms with van der Waals surface area (Å²) in [7, 11) is 0. The molecule has 2 rings (SSSR count). The van der Waals surface area contributed by atoms with Crippen LogP contribution in [0.25, 0.3) is 0 Å². The van der Waals surface area contributed by atoms with E-state index in [0.717, 1.165) is 19.3 Å². The van der Waals surface area contributed by atoms with Crippen molar-refractivity contribution in [3.8, 4) is 0 Å². The van der Waals surface area contributed by atoms with Crippen LogP contribution in [0, 0.1) is 16.2 Å². The van der Waals surface area contributed by atoms with E-state index in [2.05, 4.69) is 26.1 Å². The second-order valence-corrected chi connectivity index (χ2v) is 6.92. The fourth-order valence-electron chi connectivity index (χ4n) is 3.82. The van der Waals surface area contributed by atoms with E-state index in [9.17, 15) is 9.59 Å². The minimum Gasteiger partial charge on any atom is -0.353 e. The van der Waals surface area contributed by atoms with Gasteiger partial charge >= 0.3 is 0 Å². The zero-order valence-corrected chi connectivity index (χ0v) is 12.2. The second-order valence-electron chi connectivity index (χ2n) is 6.92. The van der Waals surface area contributed by atoms with Crippen molar-refractivity contribution in [2.45, 2.75) is 66.3 Å². The average Bonchev–Trinajstić information content (AvgIpc) is 2.59. The SMILES string of the molecule is CC[C@H](C)NC(=O)[C@@]12CC[C@@](C)(C(=O)C1)C2(C)C. The van der Waals surface area contributed by atoms with Gasteiger partial charge in [0.25, 0.3) is 0 Å². The molecule has 0 radical (unpaired) electrons. The van der Waals surface area contributed by atoms with E-state index in [0.29, 0.717) is 6.42 Å². The molecule has 2 fully saturated rings. The molecule has 0 aliphatic heterocycles. The van der Waals surface area contributed by atoms with Gasteiger partial charge in [0.2, 0.25) is 5.91 Å². The summed E-state index contributed by atoms with van der Waals surface area (Å²) in [6.07, 6.45) is 3.06. The topological polar surface area (TPSA) is 46.2 Å². The molecule has 0 unspecified atom stereocenters. The highest BCUT2D eigenvalue weighted by Crippen LogP contribution is 2.70. The first-order valence-electron chi connectivity index (χ1n) is 7.05. The van der Waals surface area contributed by atoms with Crippen LogP contribution in [0.4, 0.5) is 0 Å². The van der Waals surface area contributed by atoms with Gasteiger partial charge in [0.05, 0.1) is 5.41 Å². The molecule has 2 aliphatic rings. The molecule has 18 heavy (non-hydrogen) atoms. The zero-order chi connectivity index (χ0) is 13.8. The number of amides is 1. The molecule has 0 aromatic carbocycles. The zero-order valence-electron chi connectivity index (χ0n) is 12.2. The highest BCUT2D eigenvalue weighted by atomic mass is 16.2. The maximum absolute atomic E-state index is 12.6. The van der Waals surface area contributed by atoms with E-state index in [-0.39, 0.29) is 28.6 Å². The smallest absolute Gasteiger partial charge is 0.227 e. The summed E-state index contributed by atoms with van der Waals surface area (Å²) >= 11 is 0. The first-order chi connectivity index (χ1) is 8.21. The third kappa shape index (κ3) is 1.36. The van der Waals surface area contributed by atoms with Crippen molar-refractivity contribution in [1.82, 2.24) is 5.32 Å². The maximum Gasteiger partial charge on any atom is 0.227 e. The van der Waals surface area contributed by atoms with Gasteiger partial charge in [-0.05, 0) is 31.6 Å². The van der Waals surface area contributed by atoms with Crippen LogP contribution in [-0.4, -0.2) is 17.7 Å². The van der Waals surface area contributed by atoms with Crippen LogP contribution in [0.2, 0.25) is 0 Å². The van der Waals surface area contributed by atoms with Crippen LogP contribution in [0.15, 0.2) is 0 Å². The standard InChI is InChI=1S/C15H25NO2/c1-6-10(2)16-12(18)15-8-7-14(5,11(17)9-15)13(15,3)4/h10H,6-9H2,1-5H3,(H,16,18)/t10-,14-,15+/m0/s1. The highest BCUT2D eigenvalue weighted by molar-refractivity contribution is 5.99. The van der Waals surface area contributed by atoms with Gasteiger partial charge in [-0.15, -0.1) is 0 Å². The summed E-state index contributed by atoms with van der Waals surface area (Å²) < 4.78 is 0. The van der Waals surface area contributed by atoms with Crippen LogP contribution in [-0.2, 0) is 9.59 Å². The lowest BCUT2D eigenvalue weighted by Gasteiger charge is -2.39. The lowest BCUT2D eigenvalue weighted by Crippen LogP contribution is -2.49. The van der Waals surface area contributed by atoms with Crippen LogP contribution in [0.3, 0.4) is 0 Å². The molecule has 0 spiro atoms. The largest absolute Gasteiger partial charge is 0.353 e. The van der Waals surface area contributed by atoms with Gasteiger partial charge in [-0.2, -0.15) is 0 Å². The number of hydrogen-bond acceptors (Lipinski definition) is 2. The number of carbonyl (C=O) groups is 2. The molecule has 3 nitrogen and oxygen atoms in total. The van der Waals surface area contributed by atoms with Gasteiger partial charge in [0.1, 0.15) is 5.78 Å². The molecule has 1 N–H and O–H groups in total. The number of carbonyl (C=O) groups excluding carboxylic acids is 2. The predicted molar refractivity (Wildman–Crippen MR) is 71.1 cm³/mol. The van der Waals surface area contributed by atoms with E-state index in [1.165, 1.54) is 0 Å². The number of Topliss-reactive ketones (excluding diaryl/α,β-unsaturated/α-hetero) is 1. The summed E-state index contributed by atoms with van der Waals surface area (Å²) in [5.41, 5.74) is -1.00. The third-order valence-corrected chi connectivity index (χ3v) is 6.13. The Morgan fingerprint density at radius 3 is 2.33 bits per heavy atom. The monoisotopic (exact) mass is 251 g/mol. The molecule has 1 amide bonds. The molecular weight excluding hydrogens is 226 g/mol. The van der Waals surface area contributed by atoms with Crippen molar-refractivity contribution in [2.24, 2.45) is 16.2 Å². The number of fused-ring (bicyclic) bond motifs is 2. The molecule has 3 atom stereocenters. The molecule has 0 heterocycles. The molecule has 2 aliphatic carbocycles. The fourth-order valence-corrected chi connectivity index (χ4v) is 3.82. The Morgan fingerprint density at radius 2 is 1.94 bits per heavy atom. The Balaban J connectivity index is 2.33. The lowest BCUT2D eigenvalue weighted by molar-refractivity contribution is -0.137. The van der Waals surface area contributed by atoms with E-state index in [4.69, 9.17) is 0 Å². The third-order valence-electron chi connectivity index (χ3n) is 6.13. The Morgan fingerprint density at radius 1 is 1.33 bits per heavy atom. The molecule has 0 aromatic rings. The molecule has 2 bridgehead atoms. The average molecular weight is 251 g/mol. The number of rotatable bonds is 3. The molecule has 0 aromatic heterocycles. The first-order valence-corrected chi connectivity index (χ1v) is 7.05. The van der Waals surface area contributed by atoms with Crippen molar-refractivity contribution >= 4 is 11.7 Å². The number of hydrogen-bond donors (Lipinski definition) is 1. The van der Waals surface area contributed by atoms with Gasteiger partial charge in [0, 0.05) is 17.9 Å². The first kappa shape index (κ1) is 13.6. The highest BCUT2D eigenvalue weighted by Gasteiger charge is 2.72.